The third-order valence-corrected chi connectivity index (χ3v) is 1.54. The second-order valence-corrected chi connectivity index (χ2v) is 2.44. The lowest BCUT2D eigenvalue weighted by atomic mass is 10.2. The minimum atomic E-state index is 0.0630. The third-order valence-electron chi connectivity index (χ3n) is 1.54. The van der Waals surface area contributed by atoms with E-state index in [1.807, 2.05) is 0 Å². The Morgan fingerprint density at radius 1 is 1.57 bits per heavy atom. The normalized spacial score (nSPS) is 10.1. The number of amides is 1. The first-order valence-corrected chi connectivity index (χ1v) is 3.87. The number of carbonyl (C=O) groups is 1. The maximum Gasteiger partial charge on any atom is 0.227 e. The standard InChI is InChI=1S/C9H10N2O3/c1-14-9-4-7(2-3-8(9)13)5-10-11-6-12/h2-6,13H,1H3,(H,11,12)/b10-5+. The predicted octanol–water partition coefficient (Wildman–Crippen LogP) is 0.481. The van der Waals surface area contributed by atoms with E-state index in [1.165, 1.54) is 19.4 Å². The monoisotopic (exact) mass is 194 g/mol. The summed E-state index contributed by atoms with van der Waals surface area (Å²) in [5.41, 5.74) is 2.85. The quantitative estimate of drug-likeness (QED) is 0.416. The number of hydrogen-bond acceptors (Lipinski definition) is 4. The number of hydrogen-bond donors (Lipinski definition) is 2. The summed E-state index contributed by atoms with van der Waals surface area (Å²) in [6.07, 6.45) is 1.91. The number of benzene rings is 1. The van der Waals surface area contributed by atoms with Crippen LogP contribution in [-0.4, -0.2) is 24.8 Å². The van der Waals surface area contributed by atoms with Crippen molar-refractivity contribution in [2.45, 2.75) is 0 Å². The Bertz CT molecular complexity index is 350. The number of carbonyl (C=O) groups excluding carboxylic acids is 1. The highest BCUT2D eigenvalue weighted by molar-refractivity contribution is 5.81. The van der Waals surface area contributed by atoms with Crippen molar-refractivity contribution in [3.05, 3.63) is 23.8 Å². The first-order valence-electron chi connectivity index (χ1n) is 3.87. The van der Waals surface area contributed by atoms with Gasteiger partial charge in [-0.2, -0.15) is 5.10 Å². The lowest BCUT2D eigenvalue weighted by Crippen LogP contribution is -2.00. The highest BCUT2D eigenvalue weighted by Gasteiger charge is 2.00. The van der Waals surface area contributed by atoms with Crippen LogP contribution in [0.2, 0.25) is 0 Å². The number of nitrogens with zero attached hydrogens (tertiary/aromatic N) is 1. The van der Waals surface area contributed by atoms with Crippen LogP contribution in [-0.2, 0) is 4.79 Å². The molecule has 0 aliphatic heterocycles. The molecule has 0 saturated carbocycles. The number of phenolic OH excluding ortho intramolecular Hbond substituents is 1. The van der Waals surface area contributed by atoms with Crippen molar-refractivity contribution in [2.24, 2.45) is 5.10 Å². The fourth-order valence-corrected chi connectivity index (χ4v) is 0.917. The van der Waals surface area contributed by atoms with Gasteiger partial charge in [0.15, 0.2) is 11.5 Å². The summed E-state index contributed by atoms with van der Waals surface area (Å²) in [5.74, 6) is 0.424. The van der Waals surface area contributed by atoms with Gasteiger partial charge in [0.1, 0.15) is 0 Å². The van der Waals surface area contributed by atoms with Gasteiger partial charge in [0.2, 0.25) is 6.41 Å². The zero-order chi connectivity index (χ0) is 10.4. The molecule has 5 heteroatoms. The van der Waals surface area contributed by atoms with Crippen molar-refractivity contribution in [2.75, 3.05) is 7.11 Å². The molecule has 0 radical (unpaired) electrons. The van der Waals surface area contributed by atoms with E-state index >= 15 is 0 Å². The minimum Gasteiger partial charge on any atom is -0.504 e. The van der Waals surface area contributed by atoms with E-state index in [9.17, 15) is 9.90 Å². The minimum absolute atomic E-state index is 0.0630. The van der Waals surface area contributed by atoms with Gasteiger partial charge in [-0.15, -0.1) is 0 Å². The summed E-state index contributed by atoms with van der Waals surface area (Å²) in [6, 6.07) is 4.74. The van der Waals surface area contributed by atoms with E-state index in [4.69, 9.17) is 4.74 Å². The molecule has 0 aliphatic carbocycles. The smallest absolute Gasteiger partial charge is 0.227 e. The molecule has 5 nitrogen and oxygen atoms in total. The Morgan fingerprint density at radius 2 is 2.36 bits per heavy atom. The Morgan fingerprint density at radius 3 is 3.00 bits per heavy atom. The van der Waals surface area contributed by atoms with Gasteiger partial charge in [-0.05, 0) is 23.8 Å². The summed E-state index contributed by atoms with van der Waals surface area (Å²) in [6.45, 7) is 0. The first kappa shape index (κ1) is 10.0. The maximum atomic E-state index is 9.88. The Balaban J connectivity index is 2.83. The topological polar surface area (TPSA) is 70.9 Å². The highest BCUT2D eigenvalue weighted by atomic mass is 16.5. The average Bonchev–Trinajstić information content (AvgIpc) is 2.21. The van der Waals surface area contributed by atoms with E-state index in [1.54, 1.807) is 12.1 Å². The van der Waals surface area contributed by atoms with Crippen LogP contribution < -0.4 is 10.2 Å². The van der Waals surface area contributed by atoms with E-state index in [0.29, 0.717) is 17.7 Å². The molecular formula is C9H10N2O3. The lowest BCUT2D eigenvalue weighted by Gasteiger charge is -2.02. The number of hydrazone groups is 1. The van der Waals surface area contributed by atoms with Gasteiger partial charge in [0.25, 0.3) is 0 Å². The average molecular weight is 194 g/mol. The molecule has 2 N–H and O–H groups in total. The van der Waals surface area contributed by atoms with E-state index in [-0.39, 0.29) is 5.75 Å². The molecule has 0 spiro atoms. The van der Waals surface area contributed by atoms with E-state index in [2.05, 4.69) is 10.5 Å². The molecule has 1 amide bonds. The second kappa shape index (κ2) is 4.86. The summed E-state index contributed by atoms with van der Waals surface area (Å²) in [5, 5.41) is 12.9. The number of aromatic hydroxyl groups is 1. The summed E-state index contributed by atoms with van der Waals surface area (Å²) < 4.78 is 4.89. The van der Waals surface area contributed by atoms with E-state index < -0.39 is 0 Å². The largest absolute Gasteiger partial charge is 0.504 e. The number of methoxy groups -OCH3 is 1. The molecule has 0 aliphatic rings. The molecule has 74 valence electrons. The van der Waals surface area contributed by atoms with Gasteiger partial charge < -0.3 is 9.84 Å². The van der Waals surface area contributed by atoms with Gasteiger partial charge in [0.05, 0.1) is 13.3 Å². The summed E-state index contributed by atoms with van der Waals surface area (Å²) in [4.78, 5) is 9.88. The van der Waals surface area contributed by atoms with Crippen LogP contribution >= 0.6 is 0 Å². The van der Waals surface area contributed by atoms with Gasteiger partial charge in [-0.25, -0.2) is 5.43 Å². The molecule has 0 unspecified atom stereocenters. The fraction of sp³-hybridized carbons (Fsp3) is 0.111. The Hall–Kier alpha value is -2.04. The second-order valence-electron chi connectivity index (χ2n) is 2.44. The summed E-state index contributed by atoms with van der Waals surface area (Å²) >= 11 is 0. The van der Waals surface area contributed by atoms with Gasteiger partial charge in [-0.3, -0.25) is 4.79 Å². The van der Waals surface area contributed by atoms with E-state index in [0.717, 1.165) is 0 Å². The van der Waals surface area contributed by atoms with Crippen molar-refractivity contribution in [1.82, 2.24) is 5.43 Å². The molecule has 1 aromatic rings. The molecule has 1 rings (SSSR count). The van der Waals surface area contributed by atoms with Crippen molar-refractivity contribution in [1.29, 1.82) is 0 Å². The van der Waals surface area contributed by atoms with Crippen LogP contribution in [0.4, 0.5) is 0 Å². The maximum absolute atomic E-state index is 9.88. The van der Waals surface area contributed by atoms with Crippen LogP contribution in [0.5, 0.6) is 11.5 Å². The molecule has 0 atom stereocenters. The number of phenols is 1. The van der Waals surface area contributed by atoms with Crippen LogP contribution in [0.3, 0.4) is 0 Å². The van der Waals surface area contributed by atoms with Gasteiger partial charge >= 0.3 is 0 Å². The highest BCUT2D eigenvalue weighted by Crippen LogP contribution is 2.25. The Labute approximate surface area is 81.0 Å². The fourth-order valence-electron chi connectivity index (χ4n) is 0.917. The Kier molecular flexibility index (Phi) is 3.49. The zero-order valence-electron chi connectivity index (χ0n) is 7.60. The number of rotatable bonds is 4. The van der Waals surface area contributed by atoms with Gasteiger partial charge in [-0.1, -0.05) is 0 Å². The zero-order valence-corrected chi connectivity index (χ0v) is 7.60. The van der Waals surface area contributed by atoms with Crippen molar-refractivity contribution < 1.29 is 14.6 Å². The molecule has 0 heterocycles. The first-order chi connectivity index (χ1) is 6.77. The molecule has 14 heavy (non-hydrogen) atoms. The van der Waals surface area contributed by atoms with Gasteiger partial charge in [0, 0.05) is 0 Å². The molecule has 0 bridgehead atoms. The van der Waals surface area contributed by atoms with Crippen molar-refractivity contribution >= 4 is 12.6 Å². The lowest BCUT2D eigenvalue weighted by molar-refractivity contribution is -0.109. The molecule has 0 fully saturated rings. The molecular weight excluding hydrogens is 184 g/mol. The third kappa shape index (κ3) is 2.48. The van der Waals surface area contributed by atoms with Crippen molar-refractivity contribution in [3.63, 3.8) is 0 Å². The number of nitrogens with one attached hydrogen (secondary N) is 1. The molecule has 1 aromatic carbocycles. The SMILES string of the molecule is COc1cc(/C=N/NC=O)ccc1O. The van der Waals surface area contributed by atoms with Crippen LogP contribution in [0.1, 0.15) is 5.56 Å². The van der Waals surface area contributed by atoms with Crippen LogP contribution in [0.25, 0.3) is 0 Å². The molecule has 0 aromatic heterocycles. The van der Waals surface area contributed by atoms with Crippen molar-refractivity contribution in [3.8, 4) is 11.5 Å². The predicted molar refractivity (Wildman–Crippen MR) is 51.5 cm³/mol. The summed E-state index contributed by atoms with van der Waals surface area (Å²) in [7, 11) is 1.46. The van der Waals surface area contributed by atoms with Crippen LogP contribution in [0, 0.1) is 0 Å². The molecule has 0 saturated heterocycles. The van der Waals surface area contributed by atoms with Crippen LogP contribution in [0.15, 0.2) is 23.3 Å². The number of ether oxygens (including phenoxy) is 1.